The van der Waals surface area contributed by atoms with Crippen LogP contribution >= 0.6 is 0 Å². The molecule has 1 atom stereocenters. The molecule has 138 valence electrons. The lowest BCUT2D eigenvalue weighted by Gasteiger charge is -2.34. The number of ether oxygens (including phenoxy) is 2. The molecule has 1 aromatic carbocycles. The molecular weight excluding hydrogens is 326 g/mol. The highest BCUT2D eigenvalue weighted by Crippen LogP contribution is 2.21. The van der Waals surface area contributed by atoms with Gasteiger partial charge in [0.15, 0.2) is 0 Å². The lowest BCUT2D eigenvalue weighted by Crippen LogP contribution is -2.46. The van der Waals surface area contributed by atoms with E-state index in [9.17, 15) is 9.59 Å². The Kier molecular flexibility index (Phi) is 6.25. The Balaban J connectivity index is 1.91. The quantitative estimate of drug-likeness (QED) is 0.613. The van der Waals surface area contributed by atoms with E-state index < -0.39 is 11.6 Å². The molecule has 1 aromatic rings. The van der Waals surface area contributed by atoms with Crippen LogP contribution in [0.2, 0.25) is 0 Å². The third-order valence-electron chi connectivity index (χ3n) is 3.58. The normalized spacial score (nSPS) is 17.8. The zero-order valence-electron chi connectivity index (χ0n) is 15.1. The van der Waals surface area contributed by atoms with Gasteiger partial charge in [0.1, 0.15) is 17.5 Å². The van der Waals surface area contributed by atoms with Crippen LogP contribution < -0.4 is 4.74 Å². The summed E-state index contributed by atoms with van der Waals surface area (Å²) in [4.78, 5) is 34.2. The van der Waals surface area contributed by atoms with Crippen molar-refractivity contribution in [3.63, 3.8) is 0 Å². The summed E-state index contributed by atoms with van der Waals surface area (Å²) < 4.78 is 11.3. The molecule has 25 heavy (non-hydrogen) atoms. The van der Waals surface area contributed by atoms with E-state index in [0.717, 1.165) is 12.8 Å². The topological polar surface area (TPSA) is 74.3 Å². The van der Waals surface area contributed by atoms with Crippen molar-refractivity contribution >= 4 is 12.1 Å². The average Bonchev–Trinajstić information content (AvgIpc) is 2.54. The van der Waals surface area contributed by atoms with Gasteiger partial charge in [-0.3, -0.25) is 4.89 Å². The smallest absolute Gasteiger partial charge is 0.410 e. The molecule has 1 heterocycles. The Hall–Kier alpha value is -2.28. The zero-order chi connectivity index (χ0) is 18.4. The predicted octanol–water partition coefficient (Wildman–Crippen LogP) is 3.18. The molecule has 7 nitrogen and oxygen atoms in total. The first-order chi connectivity index (χ1) is 11.8. The summed E-state index contributed by atoms with van der Waals surface area (Å²) in [7, 11) is 1.27. The number of benzene rings is 1. The van der Waals surface area contributed by atoms with Crippen LogP contribution in [-0.4, -0.2) is 48.9 Å². The van der Waals surface area contributed by atoms with E-state index in [-0.39, 0.29) is 12.2 Å². The molecule has 0 saturated carbocycles. The summed E-state index contributed by atoms with van der Waals surface area (Å²) in [6.45, 7) is 6.68. The van der Waals surface area contributed by atoms with Gasteiger partial charge in [0.2, 0.25) is 0 Å². The first kappa shape index (κ1) is 19.1. The van der Waals surface area contributed by atoms with Crippen LogP contribution in [0.4, 0.5) is 4.79 Å². The Morgan fingerprint density at radius 3 is 2.44 bits per heavy atom. The van der Waals surface area contributed by atoms with Crippen LogP contribution in [0.5, 0.6) is 5.75 Å². The van der Waals surface area contributed by atoms with Crippen molar-refractivity contribution in [2.24, 2.45) is 0 Å². The molecule has 1 aliphatic rings. The van der Waals surface area contributed by atoms with Gasteiger partial charge in [-0.2, -0.15) is 4.89 Å². The highest BCUT2D eigenvalue weighted by molar-refractivity contribution is 5.89. The van der Waals surface area contributed by atoms with Crippen molar-refractivity contribution < 1.29 is 28.8 Å². The maximum absolute atomic E-state index is 12.2. The number of hydrogen-bond acceptors (Lipinski definition) is 6. The molecule has 1 saturated heterocycles. The summed E-state index contributed by atoms with van der Waals surface area (Å²) >= 11 is 0. The van der Waals surface area contributed by atoms with Gasteiger partial charge in [-0.1, -0.05) is 0 Å². The Bertz CT molecular complexity index is 593. The minimum atomic E-state index is -0.567. The van der Waals surface area contributed by atoms with E-state index in [1.165, 1.54) is 7.11 Å². The molecule has 1 amide bonds. The molecule has 0 radical (unpaired) electrons. The monoisotopic (exact) mass is 351 g/mol. The van der Waals surface area contributed by atoms with Crippen LogP contribution in [0.1, 0.15) is 44.0 Å². The van der Waals surface area contributed by atoms with Gasteiger partial charge in [-0.05, 0) is 57.9 Å². The van der Waals surface area contributed by atoms with Crippen molar-refractivity contribution in [1.29, 1.82) is 0 Å². The van der Waals surface area contributed by atoms with Gasteiger partial charge < -0.3 is 14.4 Å². The van der Waals surface area contributed by atoms with Gasteiger partial charge in [-0.15, -0.1) is 0 Å². The first-order valence-electron chi connectivity index (χ1n) is 8.28. The average molecular weight is 351 g/mol. The Labute approximate surface area is 147 Å². The lowest BCUT2D eigenvalue weighted by atomic mass is 10.1. The summed E-state index contributed by atoms with van der Waals surface area (Å²) in [6.07, 6.45) is 1.27. The number of carbonyl (C=O) groups excluding carboxylic acids is 2. The predicted molar refractivity (Wildman–Crippen MR) is 90.3 cm³/mol. The van der Waals surface area contributed by atoms with Crippen LogP contribution in [0, 0.1) is 0 Å². The number of nitrogens with zero attached hydrogens (tertiary/aromatic N) is 1. The van der Waals surface area contributed by atoms with Crippen LogP contribution in [-0.2, 0) is 14.5 Å². The first-order valence-corrected chi connectivity index (χ1v) is 8.28. The minimum Gasteiger partial charge on any atom is -0.489 e. The van der Waals surface area contributed by atoms with E-state index in [4.69, 9.17) is 9.47 Å². The minimum absolute atomic E-state index is 0.113. The van der Waals surface area contributed by atoms with Gasteiger partial charge in [0.25, 0.3) is 0 Å². The summed E-state index contributed by atoms with van der Waals surface area (Å²) in [5.41, 5.74) is -0.148. The number of likely N-dealkylation sites (tertiary alicyclic amines) is 1. The molecule has 2 rings (SSSR count). The van der Waals surface area contributed by atoms with Crippen molar-refractivity contribution in [3.8, 4) is 5.75 Å². The third-order valence-corrected chi connectivity index (χ3v) is 3.58. The molecule has 7 heteroatoms. The Morgan fingerprint density at radius 2 is 1.84 bits per heavy atom. The highest BCUT2D eigenvalue weighted by atomic mass is 17.2. The van der Waals surface area contributed by atoms with Crippen molar-refractivity contribution in [1.82, 2.24) is 4.90 Å². The van der Waals surface area contributed by atoms with Crippen LogP contribution in [0.15, 0.2) is 24.3 Å². The van der Waals surface area contributed by atoms with E-state index in [1.807, 2.05) is 20.8 Å². The fourth-order valence-corrected chi connectivity index (χ4v) is 2.51. The molecule has 0 aromatic heterocycles. The molecule has 0 bridgehead atoms. The molecular formula is C18H25NO6. The molecule has 0 aliphatic carbocycles. The van der Waals surface area contributed by atoms with Crippen molar-refractivity contribution in [2.45, 2.75) is 45.3 Å². The van der Waals surface area contributed by atoms with Gasteiger partial charge >= 0.3 is 12.1 Å². The van der Waals surface area contributed by atoms with E-state index in [0.29, 0.717) is 24.4 Å². The van der Waals surface area contributed by atoms with Crippen molar-refractivity contribution in [2.75, 3.05) is 20.2 Å². The SMILES string of the molecule is COOC(=O)c1ccc(OC2CCCN(C(=O)OC(C)(C)C)C2)cc1. The van der Waals surface area contributed by atoms with Crippen LogP contribution in [0.3, 0.4) is 0 Å². The highest BCUT2D eigenvalue weighted by Gasteiger charge is 2.28. The summed E-state index contributed by atoms with van der Waals surface area (Å²) in [5.74, 6) is 0.0628. The molecule has 0 spiro atoms. The fourth-order valence-electron chi connectivity index (χ4n) is 2.51. The Morgan fingerprint density at radius 1 is 1.16 bits per heavy atom. The maximum atomic E-state index is 12.2. The number of rotatable bonds is 4. The zero-order valence-corrected chi connectivity index (χ0v) is 15.1. The molecule has 0 N–H and O–H groups in total. The van der Waals surface area contributed by atoms with E-state index >= 15 is 0 Å². The second-order valence-electron chi connectivity index (χ2n) is 6.87. The number of amides is 1. The number of hydrogen-bond donors (Lipinski definition) is 0. The van der Waals surface area contributed by atoms with Gasteiger partial charge in [0, 0.05) is 6.54 Å². The third kappa shape index (κ3) is 5.94. The molecule has 1 unspecified atom stereocenters. The van der Waals surface area contributed by atoms with Crippen molar-refractivity contribution in [3.05, 3.63) is 29.8 Å². The summed E-state index contributed by atoms with van der Waals surface area (Å²) in [5, 5.41) is 0. The largest absolute Gasteiger partial charge is 0.489 e. The van der Waals surface area contributed by atoms with Gasteiger partial charge in [-0.25, -0.2) is 9.59 Å². The molecule has 1 fully saturated rings. The number of piperidine rings is 1. The second-order valence-corrected chi connectivity index (χ2v) is 6.87. The number of carbonyl (C=O) groups is 2. The van der Waals surface area contributed by atoms with E-state index in [1.54, 1.807) is 29.2 Å². The fraction of sp³-hybridized carbons (Fsp3) is 0.556. The molecule has 1 aliphatic heterocycles. The van der Waals surface area contributed by atoms with E-state index in [2.05, 4.69) is 9.78 Å². The lowest BCUT2D eigenvalue weighted by molar-refractivity contribution is -0.216. The maximum Gasteiger partial charge on any atom is 0.410 e. The standard InChI is InChI=1S/C18H25NO6/c1-18(2,3)24-17(21)19-11-5-6-15(12-19)23-14-9-7-13(8-10-14)16(20)25-22-4/h7-10,15H,5-6,11-12H2,1-4H3. The summed E-state index contributed by atoms with van der Waals surface area (Å²) in [6, 6.07) is 6.59. The van der Waals surface area contributed by atoms with Crippen LogP contribution in [0.25, 0.3) is 0 Å². The van der Waals surface area contributed by atoms with Gasteiger partial charge in [0.05, 0.1) is 19.2 Å². The second kappa shape index (κ2) is 8.20.